The van der Waals surface area contributed by atoms with E-state index < -0.39 is 0 Å². The maximum atomic E-state index is 12.9. The third-order valence-corrected chi connectivity index (χ3v) is 7.24. The summed E-state index contributed by atoms with van der Waals surface area (Å²) in [5, 5.41) is 6.17. The quantitative estimate of drug-likeness (QED) is 0.297. The van der Waals surface area contributed by atoms with Crippen molar-refractivity contribution in [3.05, 3.63) is 65.5 Å². The van der Waals surface area contributed by atoms with Crippen LogP contribution in [0.25, 0.3) is 21.0 Å². The standard InChI is InChI=1S/C23H19FN2OS2/c24-16-8-10-17(11-9-16)28-12-2-5-20(27)25-23-26-22-18-4-1-3-14-6-7-15(21(14)18)13-19(22)29-23/h1,3-4,8-11,13H,2,5-7,12H2,(H,25,26,27). The Hall–Kier alpha value is -2.44. The number of aromatic nitrogens is 1. The maximum Gasteiger partial charge on any atom is 0.226 e. The molecule has 3 nitrogen and oxygen atoms in total. The molecule has 1 aliphatic carbocycles. The monoisotopic (exact) mass is 422 g/mol. The molecular weight excluding hydrogens is 403 g/mol. The van der Waals surface area contributed by atoms with Gasteiger partial charge in [0.1, 0.15) is 5.82 Å². The summed E-state index contributed by atoms with van der Waals surface area (Å²) in [6, 6.07) is 15.1. The molecule has 0 bridgehead atoms. The van der Waals surface area contributed by atoms with Crippen molar-refractivity contribution in [3.63, 3.8) is 0 Å². The zero-order valence-electron chi connectivity index (χ0n) is 15.7. The fourth-order valence-electron chi connectivity index (χ4n) is 3.89. The van der Waals surface area contributed by atoms with Crippen molar-refractivity contribution in [2.24, 2.45) is 0 Å². The fraction of sp³-hybridized carbons (Fsp3) is 0.217. The van der Waals surface area contributed by atoms with E-state index in [4.69, 9.17) is 4.98 Å². The van der Waals surface area contributed by atoms with Crippen molar-refractivity contribution in [3.8, 4) is 0 Å². The number of thioether (sulfide) groups is 1. The number of aryl methyl sites for hydroxylation is 2. The van der Waals surface area contributed by atoms with Gasteiger partial charge in [0.25, 0.3) is 0 Å². The van der Waals surface area contributed by atoms with Gasteiger partial charge in [0, 0.05) is 16.7 Å². The first-order valence-electron chi connectivity index (χ1n) is 9.69. The number of fused-ring (bicyclic) bond motifs is 2. The third-order valence-electron chi connectivity index (χ3n) is 5.23. The van der Waals surface area contributed by atoms with Gasteiger partial charge in [0.15, 0.2) is 5.13 Å². The summed E-state index contributed by atoms with van der Waals surface area (Å²) in [6.45, 7) is 0. The molecule has 0 unspecified atom stereocenters. The number of rotatable bonds is 6. The Kier molecular flexibility index (Phi) is 4.97. The Morgan fingerprint density at radius 2 is 1.97 bits per heavy atom. The van der Waals surface area contributed by atoms with Gasteiger partial charge in [-0.05, 0) is 71.9 Å². The summed E-state index contributed by atoms with van der Waals surface area (Å²) in [7, 11) is 0. The number of halogens is 1. The van der Waals surface area contributed by atoms with Crippen molar-refractivity contribution < 1.29 is 9.18 Å². The van der Waals surface area contributed by atoms with E-state index in [0.717, 1.165) is 40.1 Å². The number of anilines is 1. The van der Waals surface area contributed by atoms with E-state index >= 15 is 0 Å². The molecule has 1 aromatic heterocycles. The predicted molar refractivity (Wildman–Crippen MR) is 120 cm³/mol. The molecule has 0 radical (unpaired) electrons. The molecule has 0 saturated heterocycles. The van der Waals surface area contributed by atoms with Crippen molar-refractivity contribution in [2.45, 2.75) is 30.6 Å². The highest BCUT2D eigenvalue weighted by Crippen LogP contribution is 2.39. The van der Waals surface area contributed by atoms with Crippen LogP contribution >= 0.6 is 23.1 Å². The van der Waals surface area contributed by atoms with Crippen molar-refractivity contribution in [2.75, 3.05) is 11.1 Å². The Labute approximate surface area is 176 Å². The summed E-state index contributed by atoms with van der Waals surface area (Å²) < 4.78 is 14.1. The number of carbonyl (C=O) groups excluding carboxylic acids is 1. The predicted octanol–water partition coefficient (Wildman–Crippen LogP) is 6.20. The minimum Gasteiger partial charge on any atom is -0.302 e. The van der Waals surface area contributed by atoms with Crippen LogP contribution in [0.15, 0.2) is 53.4 Å². The van der Waals surface area contributed by atoms with E-state index in [1.165, 1.54) is 34.0 Å². The number of nitrogens with zero attached hydrogens (tertiary/aromatic N) is 1. The first-order chi connectivity index (χ1) is 14.2. The Bertz CT molecular complexity index is 1220. The largest absolute Gasteiger partial charge is 0.302 e. The topological polar surface area (TPSA) is 42.0 Å². The van der Waals surface area contributed by atoms with E-state index in [-0.39, 0.29) is 11.7 Å². The Morgan fingerprint density at radius 3 is 2.83 bits per heavy atom. The average Bonchev–Trinajstić information content (AvgIpc) is 3.32. The molecule has 1 N–H and O–H groups in total. The van der Waals surface area contributed by atoms with Gasteiger partial charge in [-0.25, -0.2) is 9.37 Å². The van der Waals surface area contributed by atoms with E-state index in [1.807, 2.05) is 0 Å². The zero-order chi connectivity index (χ0) is 19.8. The third kappa shape index (κ3) is 3.74. The summed E-state index contributed by atoms with van der Waals surface area (Å²) in [5.74, 6) is 0.572. The summed E-state index contributed by atoms with van der Waals surface area (Å²) in [6.07, 6.45) is 3.38. The van der Waals surface area contributed by atoms with Gasteiger partial charge < -0.3 is 5.32 Å². The molecule has 146 valence electrons. The lowest BCUT2D eigenvalue weighted by Crippen LogP contribution is -2.11. The van der Waals surface area contributed by atoms with Crippen LogP contribution < -0.4 is 5.32 Å². The van der Waals surface area contributed by atoms with Crippen molar-refractivity contribution in [1.82, 2.24) is 4.98 Å². The minimum absolute atomic E-state index is 0.0129. The van der Waals surface area contributed by atoms with E-state index in [1.54, 1.807) is 35.2 Å². The Morgan fingerprint density at radius 1 is 1.14 bits per heavy atom. The van der Waals surface area contributed by atoms with Crippen LogP contribution in [-0.4, -0.2) is 16.6 Å². The number of hydrogen-bond donors (Lipinski definition) is 1. The second-order valence-electron chi connectivity index (χ2n) is 7.20. The molecule has 0 saturated carbocycles. The molecular formula is C23H19FN2OS2. The number of hydrogen-bond acceptors (Lipinski definition) is 4. The number of thiazole rings is 1. The molecule has 6 heteroatoms. The lowest BCUT2D eigenvalue weighted by molar-refractivity contribution is -0.116. The first kappa shape index (κ1) is 18.6. The van der Waals surface area contributed by atoms with E-state index in [2.05, 4.69) is 29.6 Å². The van der Waals surface area contributed by atoms with Crippen LogP contribution in [-0.2, 0) is 17.6 Å². The average molecular weight is 423 g/mol. The van der Waals surface area contributed by atoms with Gasteiger partial charge in [0.05, 0.1) is 10.2 Å². The molecule has 4 aromatic rings. The lowest BCUT2D eigenvalue weighted by atomic mass is 10.0. The minimum atomic E-state index is -0.230. The van der Waals surface area contributed by atoms with Gasteiger partial charge in [-0.1, -0.05) is 29.5 Å². The molecule has 0 fully saturated rings. The van der Waals surface area contributed by atoms with Crippen molar-refractivity contribution >= 4 is 55.1 Å². The first-order valence-corrected chi connectivity index (χ1v) is 11.5. The molecule has 1 heterocycles. The van der Waals surface area contributed by atoms with E-state index in [0.29, 0.717) is 11.6 Å². The summed E-state index contributed by atoms with van der Waals surface area (Å²) in [4.78, 5) is 18.1. The van der Waals surface area contributed by atoms with Gasteiger partial charge >= 0.3 is 0 Å². The van der Waals surface area contributed by atoms with Crippen LogP contribution in [0.1, 0.15) is 24.0 Å². The molecule has 1 aliphatic rings. The Balaban J connectivity index is 1.23. The molecule has 1 amide bonds. The molecule has 0 spiro atoms. The van der Waals surface area contributed by atoms with Crippen LogP contribution in [0.2, 0.25) is 0 Å². The summed E-state index contributed by atoms with van der Waals surface area (Å²) in [5.41, 5.74) is 3.78. The number of benzene rings is 3. The van der Waals surface area contributed by atoms with Crippen LogP contribution in [0.3, 0.4) is 0 Å². The molecule has 29 heavy (non-hydrogen) atoms. The molecule has 0 aliphatic heterocycles. The number of amides is 1. The van der Waals surface area contributed by atoms with Crippen LogP contribution in [0.4, 0.5) is 9.52 Å². The normalized spacial score (nSPS) is 12.7. The molecule has 5 rings (SSSR count). The fourth-order valence-corrected chi connectivity index (χ4v) is 5.71. The zero-order valence-corrected chi connectivity index (χ0v) is 17.3. The lowest BCUT2D eigenvalue weighted by Gasteiger charge is -2.03. The van der Waals surface area contributed by atoms with Gasteiger partial charge in [-0.2, -0.15) is 0 Å². The molecule has 0 atom stereocenters. The van der Waals surface area contributed by atoms with Crippen LogP contribution in [0, 0.1) is 5.82 Å². The van der Waals surface area contributed by atoms with Gasteiger partial charge in [0.2, 0.25) is 5.91 Å². The van der Waals surface area contributed by atoms with Crippen molar-refractivity contribution in [1.29, 1.82) is 0 Å². The number of nitrogens with one attached hydrogen (secondary N) is 1. The molecule has 3 aromatic carbocycles. The summed E-state index contributed by atoms with van der Waals surface area (Å²) >= 11 is 3.18. The van der Waals surface area contributed by atoms with Gasteiger partial charge in [-0.15, -0.1) is 11.8 Å². The highest BCUT2D eigenvalue weighted by molar-refractivity contribution is 7.99. The smallest absolute Gasteiger partial charge is 0.226 e. The second kappa shape index (κ2) is 7.76. The highest BCUT2D eigenvalue weighted by Gasteiger charge is 2.18. The van der Waals surface area contributed by atoms with Gasteiger partial charge in [-0.3, -0.25) is 4.79 Å². The van der Waals surface area contributed by atoms with Crippen LogP contribution in [0.5, 0.6) is 0 Å². The maximum absolute atomic E-state index is 12.9. The number of carbonyl (C=O) groups is 1. The SMILES string of the molecule is O=C(CCCSc1ccc(F)cc1)Nc1nc2c(cc3c4c(cccc42)CC3)s1. The van der Waals surface area contributed by atoms with E-state index in [9.17, 15) is 9.18 Å². The second-order valence-corrected chi connectivity index (χ2v) is 9.39. The highest BCUT2D eigenvalue weighted by atomic mass is 32.2.